The molecule has 0 N–H and O–H groups in total. The zero-order valence-electron chi connectivity index (χ0n) is 13.5. The molecule has 0 saturated carbocycles. The standard InChI is InChI=1S/C20H28O/c1-3-5-7-8-14-21-20-13-12-18-15-17(9-6-4-2)10-11-19(18)16-20/h10-13,15-16H,3-9,14H2,1-2H3. The van der Waals surface area contributed by atoms with Gasteiger partial charge in [-0.05, 0) is 47.7 Å². The van der Waals surface area contributed by atoms with Crippen molar-refractivity contribution >= 4 is 10.8 Å². The highest BCUT2D eigenvalue weighted by Crippen LogP contribution is 2.23. The molecule has 0 aliphatic carbocycles. The molecule has 2 aromatic carbocycles. The van der Waals surface area contributed by atoms with E-state index < -0.39 is 0 Å². The van der Waals surface area contributed by atoms with Gasteiger partial charge in [-0.2, -0.15) is 0 Å². The lowest BCUT2D eigenvalue weighted by Crippen LogP contribution is -1.97. The second kappa shape index (κ2) is 8.71. The minimum absolute atomic E-state index is 0.833. The first-order valence-corrected chi connectivity index (χ1v) is 8.49. The summed E-state index contributed by atoms with van der Waals surface area (Å²) >= 11 is 0. The molecule has 0 unspecified atom stereocenters. The summed E-state index contributed by atoms with van der Waals surface area (Å²) in [6.45, 7) is 5.31. The molecule has 0 atom stereocenters. The lowest BCUT2D eigenvalue weighted by molar-refractivity contribution is 0.305. The van der Waals surface area contributed by atoms with Crippen LogP contribution in [0.1, 0.15) is 57.9 Å². The summed E-state index contributed by atoms with van der Waals surface area (Å²) in [5.41, 5.74) is 1.44. The highest BCUT2D eigenvalue weighted by Gasteiger charge is 2.00. The summed E-state index contributed by atoms with van der Waals surface area (Å²) in [7, 11) is 0. The molecule has 0 heterocycles. The molecule has 0 aromatic heterocycles. The number of unbranched alkanes of at least 4 members (excludes halogenated alkanes) is 4. The Hall–Kier alpha value is -1.50. The van der Waals surface area contributed by atoms with Gasteiger partial charge in [0, 0.05) is 0 Å². The molecule has 114 valence electrons. The van der Waals surface area contributed by atoms with E-state index >= 15 is 0 Å². The van der Waals surface area contributed by atoms with E-state index in [1.807, 2.05) is 0 Å². The Bertz CT molecular complexity index is 545. The predicted octanol–water partition coefficient (Wildman–Crippen LogP) is 6.14. The van der Waals surface area contributed by atoms with Crippen molar-refractivity contribution in [3.63, 3.8) is 0 Å². The molecular weight excluding hydrogens is 256 g/mol. The van der Waals surface area contributed by atoms with E-state index in [4.69, 9.17) is 4.74 Å². The monoisotopic (exact) mass is 284 g/mol. The molecule has 1 nitrogen and oxygen atoms in total. The van der Waals surface area contributed by atoms with Gasteiger partial charge >= 0.3 is 0 Å². The number of aryl methyl sites for hydroxylation is 1. The van der Waals surface area contributed by atoms with Gasteiger partial charge in [0.15, 0.2) is 0 Å². The first kappa shape index (κ1) is 15.9. The van der Waals surface area contributed by atoms with E-state index in [2.05, 4.69) is 50.2 Å². The molecule has 0 aliphatic rings. The normalized spacial score (nSPS) is 11.0. The van der Waals surface area contributed by atoms with Crippen LogP contribution >= 0.6 is 0 Å². The molecule has 0 amide bonds. The number of hydrogen-bond acceptors (Lipinski definition) is 1. The van der Waals surface area contributed by atoms with E-state index in [9.17, 15) is 0 Å². The molecule has 0 bridgehead atoms. The van der Waals surface area contributed by atoms with Gasteiger partial charge in [0.2, 0.25) is 0 Å². The highest BCUT2D eigenvalue weighted by molar-refractivity contribution is 5.84. The fourth-order valence-corrected chi connectivity index (χ4v) is 2.62. The predicted molar refractivity (Wildman–Crippen MR) is 92.2 cm³/mol. The van der Waals surface area contributed by atoms with Crippen LogP contribution in [0.3, 0.4) is 0 Å². The number of fused-ring (bicyclic) bond motifs is 1. The third-order valence-electron chi connectivity index (χ3n) is 3.96. The minimum Gasteiger partial charge on any atom is -0.494 e. The summed E-state index contributed by atoms with van der Waals surface area (Å²) in [5, 5.41) is 2.60. The Morgan fingerprint density at radius 3 is 2.33 bits per heavy atom. The van der Waals surface area contributed by atoms with Gasteiger partial charge in [0.25, 0.3) is 0 Å². The smallest absolute Gasteiger partial charge is 0.119 e. The summed E-state index contributed by atoms with van der Waals surface area (Å²) in [4.78, 5) is 0. The first-order chi connectivity index (χ1) is 10.3. The molecular formula is C20H28O. The molecule has 21 heavy (non-hydrogen) atoms. The highest BCUT2D eigenvalue weighted by atomic mass is 16.5. The maximum atomic E-state index is 5.86. The Morgan fingerprint density at radius 1 is 0.762 bits per heavy atom. The lowest BCUT2D eigenvalue weighted by atomic mass is 10.0. The van der Waals surface area contributed by atoms with Gasteiger partial charge in [-0.3, -0.25) is 0 Å². The van der Waals surface area contributed by atoms with Crippen LogP contribution in [0.2, 0.25) is 0 Å². The van der Waals surface area contributed by atoms with Crippen LogP contribution < -0.4 is 4.74 Å². The van der Waals surface area contributed by atoms with Crippen LogP contribution in [0.4, 0.5) is 0 Å². The third-order valence-corrected chi connectivity index (χ3v) is 3.96. The Kier molecular flexibility index (Phi) is 6.59. The van der Waals surface area contributed by atoms with Crippen molar-refractivity contribution in [1.82, 2.24) is 0 Å². The molecule has 0 saturated heterocycles. The fraction of sp³-hybridized carbons (Fsp3) is 0.500. The average Bonchev–Trinajstić information content (AvgIpc) is 2.52. The number of hydrogen-bond donors (Lipinski definition) is 0. The van der Waals surface area contributed by atoms with Crippen molar-refractivity contribution < 1.29 is 4.74 Å². The SMILES string of the molecule is CCCCCCOc1ccc2cc(CCCC)ccc2c1. The molecule has 0 spiro atoms. The van der Waals surface area contributed by atoms with Crippen molar-refractivity contribution in [3.05, 3.63) is 42.0 Å². The van der Waals surface area contributed by atoms with Gasteiger partial charge in [-0.1, -0.05) is 63.8 Å². The zero-order chi connectivity index (χ0) is 14.9. The molecule has 2 rings (SSSR count). The molecule has 0 fully saturated rings. The van der Waals surface area contributed by atoms with E-state index in [0.29, 0.717) is 0 Å². The van der Waals surface area contributed by atoms with Gasteiger partial charge in [-0.15, -0.1) is 0 Å². The summed E-state index contributed by atoms with van der Waals surface area (Å²) < 4.78 is 5.86. The lowest BCUT2D eigenvalue weighted by Gasteiger charge is -2.08. The van der Waals surface area contributed by atoms with Gasteiger partial charge in [0.1, 0.15) is 5.75 Å². The van der Waals surface area contributed by atoms with E-state index in [0.717, 1.165) is 18.8 Å². The van der Waals surface area contributed by atoms with Crippen LogP contribution in [-0.4, -0.2) is 6.61 Å². The van der Waals surface area contributed by atoms with Crippen molar-refractivity contribution in [2.45, 2.75) is 58.8 Å². The Morgan fingerprint density at radius 2 is 1.52 bits per heavy atom. The van der Waals surface area contributed by atoms with Crippen LogP contribution in [0, 0.1) is 0 Å². The quantitative estimate of drug-likeness (QED) is 0.502. The van der Waals surface area contributed by atoms with Gasteiger partial charge < -0.3 is 4.74 Å². The third kappa shape index (κ3) is 5.08. The minimum atomic E-state index is 0.833. The van der Waals surface area contributed by atoms with Crippen LogP contribution in [0.25, 0.3) is 10.8 Å². The number of benzene rings is 2. The fourth-order valence-electron chi connectivity index (χ4n) is 2.62. The van der Waals surface area contributed by atoms with Crippen molar-refractivity contribution in [3.8, 4) is 5.75 Å². The molecule has 0 radical (unpaired) electrons. The second-order valence-corrected chi connectivity index (χ2v) is 5.86. The summed E-state index contributed by atoms with van der Waals surface area (Å²) in [5.74, 6) is 1.00. The van der Waals surface area contributed by atoms with Crippen molar-refractivity contribution in [1.29, 1.82) is 0 Å². The van der Waals surface area contributed by atoms with Crippen LogP contribution in [0.15, 0.2) is 36.4 Å². The average molecular weight is 284 g/mol. The van der Waals surface area contributed by atoms with E-state index in [1.165, 1.54) is 54.9 Å². The van der Waals surface area contributed by atoms with Gasteiger partial charge in [0.05, 0.1) is 6.61 Å². The molecule has 2 aromatic rings. The second-order valence-electron chi connectivity index (χ2n) is 5.86. The van der Waals surface area contributed by atoms with E-state index in [-0.39, 0.29) is 0 Å². The molecule has 1 heteroatoms. The van der Waals surface area contributed by atoms with Crippen LogP contribution in [0.5, 0.6) is 5.75 Å². The zero-order valence-corrected chi connectivity index (χ0v) is 13.5. The van der Waals surface area contributed by atoms with Crippen molar-refractivity contribution in [2.75, 3.05) is 6.61 Å². The van der Waals surface area contributed by atoms with Crippen molar-refractivity contribution in [2.24, 2.45) is 0 Å². The largest absolute Gasteiger partial charge is 0.494 e. The molecule has 0 aliphatic heterocycles. The number of ether oxygens (including phenoxy) is 1. The summed E-state index contributed by atoms with van der Waals surface area (Å²) in [6, 6.07) is 13.2. The number of rotatable bonds is 9. The maximum Gasteiger partial charge on any atom is 0.119 e. The van der Waals surface area contributed by atoms with Crippen LogP contribution in [-0.2, 0) is 6.42 Å². The first-order valence-electron chi connectivity index (χ1n) is 8.49. The Labute approximate surface area is 129 Å². The Balaban J connectivity index is 1.95. The topological polar surface area (TPSA) is 9.23 Å². The van der Waals surface area contributed by atoms with E-state index in [1.54, 1.807) is 0 Å². The summed E-state index contributed by atoms with van der Waals surface area (Å²) in [6.07, 6.45) is 8.71. The van der Waals surface area contributed by atoms with Gasteiger partial charge in [-0.25, -0.2) is 0 Å². The maximum absolute atomic E-state index is 5.86.